The van der Waals surface area contributed by atoms with Gasteiger partial charge in [-0.05, 0) is 64.0 Å². The Kier molecular flexibility index (Phi) is 6.14. The van der Waals surface area contributed by atoms with Crippen molar-refractivity contribution in [2.24, 2.45) is 5.92 Å². The van der Waals surface area contributed by atoms with Crippen LogP contribution in [0.1, 0.15) is 24.0 Å². The molecule has 1 N–H and O–H groups in total. The topological polar surface area (TPSA) is 77.9 Å². The highest BCUT2D eigenvalue weighted by Gasteiger charge is 2.36. The van der Waals surface area contributed by atoms with Crippen molar-refractivity contribution in [1.82, 2.24) is 9.21 Å². The summed E-state index contributed by atoms with van der Waals surface area (Å²) >= 11 is 6.08. The van der Waals surface area contributed by atoms with Crippen LogP contribution in [0.25, 0.3) is 0 Å². The Bertz CT molecular complexity index is 764. The number of aryl methyl sites for hydroxylation is 2. The number of aliphatic carboxylic acids is 1. The van der Waals surface area contributed by atoms with Crippen molar-refractivity contribution in [3.8, 4) is 0 Å². The summed E-state index contributed by atoms with van der Waals surface area (Å²) in [5, 5.41) is 9.94. The molecule has 0 saturated carbocycles. The van der Waals surface area contributed by atoms with E-state index in [2.05, 4.69) is 0 Å². The molecule has 0 aliphatic carbocycles. The maximum atomic E-state index is 13.2. The van der Waals surface area contributed by atoms with Gasteiger partial charge in [0.1, 0.15) is 0 Å². The van der Waals surface area contributed by atoms with Gasteiger partial charge in [-0.25, -0.2) is 8.42 Å². The van der Waals surface area contributed by atoms with Gasteiger partial charge < -0.3 is 10.0 Å². The average molecular weight is 389 g/mol. The van der Waals surface area contributed by atoms with E-state index in [-0.39, 0.29) is 24.0 Å². The van der Waals surface area contributed by atoms with Crippen LogP contribution < -0.4 is 0 Å². The van der Waals surface area contributed by atoms with Crippen LogP contribution in [-0.4, -0.2) is 61.9 Å². The third kappa shape index (κ3) is 4.34. The molecule has 1 fully saturated rings. The zero-order valence-electron chi connectivity index (χ0n) is 15.0. The highest BCUT2D eigenvalue weighted by molar-refractivity contribution is 7.89. The molecule has 2 atom stereocenters. The molecule has 0 amide bonds. The molecule has 2 rings (SSSR count). The molecule has 0 aromatic heterocycles. The van der Waals surface area contributed by atoms with Crippen molar-refractivity contribution in [2.45, 2.75) is 37.6 Å². The van der Waals surface area contributed by atoms with Gasteiger partial charge in [-0.1, -0.05) is 11.6 Å². The van der Waals surface area contributed by atoms with Crippen molar-refractivity contribution < 1.29 is 18.3 Å². The summed E-state index contributed by atoms with van der Waals surface area (Å²) in [6, 6.07) is 3.19. The van der Waals surface area contributed by atoms with Gasteiger partial charge in [0.2, 0.25) is 10.0 Å². The van der Waals surface area contributed by atoms with Crippen LogP contribution in [0, 0.1) is 19.8 Å². The predicted molar refractivity (Wildman–Crippen MR) is 97.5 cm³/mol. The Balaban J connectivity index is 2.47. The summed E-state index contributed by atoms with van der Waals surface area (Å²) in [6.07, 6.45) is 1.11. The second kappa shape index (κ2) is 7.61. The van der Waals surface area contributed by atoms with E-state index in [1.807, 2.05) is 19.0 Å². The van der Waals surface area contributed by atoms with E-state index in [9.17, 15) is 18.3 Å². The first-order valence-electron chi connectivity index (χ1n) is 8.20. The van der Waals surface area contributed by atoms with Gasteiger partial charge in [-0.2, -0.15) is 4.31 Å². The minimum absolute atomic E-state index is 0.0108. The maximum Gasteiger partial charge on any atom is 0.307 e. The van der Waals surface area contributed by atoms with Gasteiger partial charge in [0.05, 0.1) is 10.8 Å². The van der Waals surface area contributed by atoms with Gasteiger partial charge in [0.25, 0.3) is 0 Å². The van der Waals surface area contributed by atoms with E-state index < -0.39 is 21.9 Å². The number of sulfonamides is 1. The van der Waals surface area contributed by atoms with Gasteiger partial charge in [0, 0.05) is 24.2 Å². The van der Waals surface area contributed by atoms with Crippen LogP contribution in [0.15, 0.2) is 17.0 Å². The van der Waals surface area contributed by atoms with Crippen molar-refractivity contribution in [2.75, 3.05) is 27.2 Å². The Morgan fingerprint density at radius 3 is 2.40 bits per heavy atom. The van der Waals surface area contributed by atoms with Crippen LogP contribution in [-0.2, 0) is 14.8 Å². The van der Waals surface area contributed by atoms with Crippen LogP contribution in [0.5, 0.6) is 0 Å². The molecule has 140 valence electrons. The second-order valence-electron chi connectivity index (χ2n) is 6.92. The smallest absolute Gasteiger partial charge is 0.307 e. The lowest BCUT2D eigenvalue weighted by molar-refractivity contribution is -0.142. The molecule has 1 saturated heterocycles. The number of carboxylic acid groups (broad SMARTS) is 1. The minimum atomic E-state index is -3.80. The largest absolute Gasteiger partial charge is 0.481 e. The molecule has 25 heavy (non-hydrogen) atoms. The van der Waals surface area contributed by atoms with E-state index in [0.717, 1.165) is 0 Å². The number of carbonyl (C=O) groups is 1. The Hall–Kier alpha value is -1.15. The molecule has 8 heteroatoms. The zero-order valence-corrected chi connectivity index (χ0v) is 16.6. The number of hydrogen-bond acceptors (Lipinski definition) is 4. The first-order chi connectivity index (χ1) is 11.5. The lowest BCUT2D eigenvalue weighted by Crippen LogP contribution is -2.43. The number of hydrogen-bond donors (Lipinski definition) is 1. The Labute approximate surface area is 154 Å². The van der Waals surface area contributed by atoms with Crippen LogP contribution in [0.2, 0.25) is 5.02 Å². The fourth-order valence-corrected chi connectivity index (χ4v) is 5.15. The fourth-order valence-electron chi connectivity index (χ4n) is 3.12. The summed E-state index contributed by atoms with van der Waals surface area (Å²) in [5.41, 5.74) is 1.24. The van der Waals surface area contributed by atoms with E-state index in [0.29, 0.717) is 29.0 Å². The molecular formula is C17H25ClN2O4S. The van der Waals surface area contributed by atoms with Gasteiger partial charge in [-0.3, -0.25) is 4.79 Å². The van der Waals surface area contributed by atoms with Crippen LogP contribution in [0.3, 0.4) is 0 Å². The Morgan fingerprint density at radius 2 is 1.84 bits per heavy atom. The lowest BCUT2D eigenvalue weighted by atomic mass is 10.0. The fraction of sp³-hybridized carbons (Fsp3) is 0.588. The molecule has 1 heterocycles. The van der Waals surface area contributed by atoms with Gasteiger partial charge in [-0.15, -0.1) is 0 Å². The zero-order chi connectivity index (χ0) is 18.9. The molecule has 0 bridgehead atoms. The normalized spacial score (nSPS) is 22.8. The number of rotatable bonds is 4. The number of benzene rings is 1. The Morgan fingerprint density at radius 1 is 1.20 bits per heavy atom. The highest BCUT2D eigenvalue weighted by Crippen LogP contribution is 2.29. The van der Waals surface area contributed by atoms with Gasteiger partial charge in [0.15, 0.2) is 0 Å². The molecular weight excluding hydrogens is 364 g/mol. The monoisotopic (exact) mass is 388 g/mol. The summed E-state index contributed by atoms with van der Waals surface area (Å²) in [6.45, 7) is 3.73. The van der Waals surface area contributed by atoms with Crippen LogP contribution in [0.4, 0.5) is 0 Å². The number of carboxylic acids is 1. The summed E-state index contributed by atoms with van der Waals surface area (Å²) in [5.74, 6) is -1.66. The second-order valence-corrected chi connectivity index (χ2v) is 9.23. The van der Waals surface area contributed by atoms with Crippen molar-refractivity contribution in [1.29, 1.82) is 0 Å². The SMILES string of the molecule is Cc1cc(S(=O)(=O)N2C[C@@H](C(=O)O)CC[C@@H](N(C)C)C2)c(C)cc1Cl. The van der Waals surface area contributed by atoms with E-state index in [4.69, 9.17) is 11.6 Å². The highest BCUT2D eigenvalue weighted by atomic mass is 35.5. The molecule has 6 nitrogen and oxygen atoms in total. The molecule has 1 aliphatic rings. The predicted octanol–water partition coefficient (Wildman–Crippen LogP) is 2.37. The lowest BCUT2D eigenvalue weighted by Gasteiger charge is -2.28. The van der Waals surface area contributed by atoms with E-state index in [1.165, 1.54) is 4.31 Å². The molecule has 1 aliphatic heterocycles. The van der Waals surface area contributed by atoms with Gasteiger partial charge >= 0.3 is 5.97 Å². The molecule has 1 aromatic carbocycles. The van der Waals surface area contributed by atoms with E-state index >= 15 is 0 Å². The minimum Gasteiger partial charge on any atom is -0.481 e. The third-order valence-corrected chi connectivity index (χ3v) is 7.22. The standard InChI is InChI=1S/C17H25ClN2O4S/c1-11-8-16(12(2)7-15(11)18)25(23,24)20-9-13(17(21)22)5-6-14(10-20)19(3)4/h7-8,13-14H,5-6,9-10H2,1-4H3,(H,21,22)/t13-,14+/m0/s1. The van der Waals surface area contributed by atoms with Crippen molar-refractivity contribution in [3.63, 3.8) is 0 Å². The first-order valence-corrected chi connectivity index (χ1v) is 10.0. The van der Waals surface area contributed by atoms with Crippen molar-refractivity contribution in [3.05, 3.63) is 28.3 Å². The average Bonchev–Trinajstić information content (AvgIpc) is 2.74. The van der Waals surface area contributed by atoms with E-state index in [1.54, 1.807) is 26.0 Å². The summed E-state index contributed by atoms with van der Waals surface area (Å²) in [7, 11) is -0.0371. The molecule has 1 aromatic rings. The number of nitrogens with zero attached hydrogens (tertiary/aromatic N) is 2. The summed E-state index contributed by atoms with van der Waals surface area (Å²) < 4.78 is 27.8. The number of likely N-dealkylation sites (N-methyl/N-ethyl adjacent to an activating group) is 1. The third-order valence-electron chi connectivity index (χ3n) is 4.84. The molecule has 0 unspecified atom stereocenters. The molecule has 0 radical (unpaired) electrons. The first kappa shape index (κ1) is 20.2. The quantitative estimate of drug-likeness (QED) is 0.856. The number of halogens is 1. The van der Waals surface area contributed by atoms with Crippen LogP contribution >= 0.6 is 11.6 Å². The molecule has 0 spiro atoms. The maximum absolute atomic E-state index is 13.2. The summed E-state index contributed by atoms with van der Waals surface area (Å²) in [4.78, 5) is 13.6. The van der Waals surface area contributed by atoms with Crippen molar-refractivity contribution >= 4 is 27.6 Å².